The van der Waals surface area contributed by atoms with Crippen LogP contribution in [0.1, 0.15) is 31.4 Å². The second-order valence-electron chi connectivity index (χ2n) is 18.9. The molecule has 0 aromatic heterocycles. The quantitative estimate of drug-likeness (QED) is 0.114. The van der Waals surface area contributed by atoms with Crippen LogP contribution in [0.15, 0.2) is 218 Å². The molecule has 2 atom stereocenters. The van der Waals surface area contributed by atoms with Crippen LogP contribution >= 0.6 is 0 Å². The summed E-state index contributed by atoms with van der Waals surface area (Å²) < 4.78 is 43.9. The van der Waals surface area contributed by atoms with Crippen LogP contribution in [-0.4, -0.2) is 22.4 Å². The van der Waals surface area contributed by atoms with E-state index in [1.165, 1.54) is 24.3 Å². The van der Waals surface area contributed by atoms with Crippen LogP contribution in [-0.2, 0) is 0 Å². The van der Waals surface area contributed by atoms with Gasteiger partial charge in [-0.15, -0.1) is 0 Å². The minimum atomic E-state index is -0.474. The Kier molecular flexibility index (Phi) is 13.7. The van der Waals surface area contributed by atoms with Gasteiger partial charge in [0.25, 0.3) is 0 Å². The van der Waals surface area contributed by atoms with Gasteiger partial charge in [-0.2, -0.15) is 0 Å². The van der Waals surface area contributed by atoms with E-state index in [0.717, 1.165) is 66.8 Å². The molecule has 6 heteroatoms. The molecule has 0 spiro atoms. The molecule has 73 heavy (non-hydrogen) atoms. The Labute approximate surface area is 426 Å². The van der Waals surface area contributed by atoms with Gasteiger partial charge in [0.05, 0.1) is 12.2 Å². The van der Waals surface area contributed by atoms with Gasteiger partial charge < -0.3 is 19.7 Å². The summed E-state index contributed by atoms with van der Waals surface area (Å²) in [6.45, 7) is 7.73. The lowest BCUT2D eigenvalue weighted by Crippen LogP contribution is -2.23. The summed E-state index contributed by atoms with van der Waals surface area (Å²) in [5, 5.41) is 24.5. The minimum Gasteiger partial charge on any atom is -0.507 e. The Balaban J connectivity index is 0.938. The number of rotatable bonds is 14. The zero-order valence-corrected chi connectivity index (χ0v) is 41.1. The molecule has 0 fully saturated rings. The number of aryl methyl sites for hydroxylation is 2. The second-order valence-corrected chi connectivity index (χ2v) is 18.9. The van der Waals surface area contributed by atoms with Crippen molar-refractivity contribution in [2.45, 2.75) is 46.3 Å². The molecule has 0 radical (unpaired) electrons. The predicted molar refractivity (Wildman–Crippen MR) is 294 cm³/mol. The summed E-state index contributed by atoms with van der Waals surface area (Å²) in [6.07, 6.45) is -0.535. The lowest BCUT2D eigenvalue weighted by molar-refractivity contribution is 0.131. The number of halogens is 2. The molecule has 4 nitrogen and oxygen atoms in total. The van der Waals surface area contributed by atoms with E-state index in [9.17, 15) is 10.2 Å². The highest BCUT2D eigenvalue weighted by Gasteiger charge is 2.23. The van der Waals surface area contributed by atoms with E-state index < -0.39 is 23.8 Å². The maximum atomic E-state index is 15.3. The molecule has 0 saturated carbocycles. The minimum absolute atomic E-state index is 0.00144. The maximum Gasteiger partial charge on any atom is 0.131 e. The topological polar surface area (TPSA) is 58.9 Å². The number of hydrogen-bond donors (Lipinski definition) is 2. The van der Waals surface area contributed by atoms with E-state index in [-0.39, 0.29) is 11.5 Å². The van der Waals surface area contributed by atoms with E-state index in [1.807, 2.05) is 125 Å². The molecule has 0 aliphatic rings. The van der Waals surface area contributed by atoms with Crippen molar-refractivity contribution < 1.29 is 28.5 Å². The van der Waals surface area contributed by atoms with Gasteiger partial charge in [0, 0.05) is 39.8 Å². The molecular weight excluding hydrogens is 907 g/mol. The fourth-order valence-electron chi connectivity index (χ4n) is 9.79. The average molecular weight is 961 g/mol. The molecule has 0 saturated heterocycles. The highest BCUT2D eigenvalue weighted by molar-refractivity contribution is 5.91. The van der Waals surface area contributed by atoms with Gasteiger partial charge in [-0.05, 0) is 192 Å². The molecular formula is C67H54F2O4. The fraction of sp³-hybridized carbons (Fsp3) is 0.104. The first kappa shape index (κ1) is 47.9. The second kappa shape index (κ2) is 20.9. The van der Waals surface area contributed by atoms with E-state index in [4.69, 9.17) is 9.47 Å². The molecule has 0 bridgehead atoms. The van der Waals surface area contributed by atoms with Crippen LogP contribution in [0.3, 0.4) is 0 Å². The maximum absolute atomic E-state index is 15.3. The summed E-state index contributed by atoms with van der Waals surface area (Å²) in [6, 6.07) is 69.4. The molecule has 0 aliphatic carbocycles. The van der Waals surface area contributed by atoms with Crippen molar-refractivity contribution in [1.29, 1.82) is 0 Å². The first-order valence-electron chi connectivity index (χ1n) is 24.6. The number of benzene rings is 10. The third kappa shape index (κ3) is 10.7. The third-order valence-corrected chi connectivity index (χ3v) is 13.2. The lowest BCUT2D eigenvalue weighted by Gasteiger charge is -2.24. The van der Waals surface area contributed by atoms with Crippen LogP contribution in [0.2, 0.25) is 0 Å². The van der Waals surface area contributed by atoms with Crippen LogP contribution in [0.4, 0.5) is 8.78 Å². The summed E-state index contributed by atoms with van der Waals surface area (Å²) >= 11 is 0. The molecule has 10 aromatic rings. The van der Waals surface area contributed by atoms with E-state index in [2.05, 4.69) is 84.9 Å². The van der Waals surface area contributed by atoms with E-state index >= 15 is 8.78 Å². The van der Waals surface area contributed by atoms with Crippen LogP contribution < -0.4 is 9.47 Å². The SMILES string of the molecule is Cc1cc(-c2cc(-c3ccccc3)cc(-c3ccccc3)c2)c(O)c(-c2cc(F)ccc2O[C@H](C)C[C@H](C)Oc2ccc(F)cc2-c2cc(C)cc(-c3cc(-c4ccccc4)cc(-c4ccccc4)c3)c2O)c1. The zero-order chi connectivity index (χ0) is 50.6. The summed E-state index contributed by atoms with van der Waals surface area (Å²) in [5.41, 5.74) is 14.4. The Hall–Kier alpha value is -8.74. The van der Waals surface area contributed by atoms with Crippen molar-refractivity contribution in [3.05, 3.63) is 241 Å². The van der Waals surface area contributed by atoms with Gasteiger partial charge in [-0.1, -0.05) is 121 Å². The zero-order valence-electron chi connectivity index (χ0n) is 41.1. The molecule has 0 aliphatic heterocycles. The first-order valence-corrected chi connectivity index (χ1v) is 24.6. The normalized spacial score (nSPS) is 12.0. The molecule has 360 valence electrons. The highest BCUT2D eigenvalue weighted by Crippen LogP contribution is 2.47. The van der Waals surface area contributed by atoms with Crippen molar-refractivity contribution in [3.63, 3.8) is 0 Å². The fourth-order valence-corrected chi connectivity index (χ4v) is 9.79. The Morgan fingerprint density at radius 1 is 0.329 bits per heavy atom. The van der Waals surface area contributed by atoms with Gasteiger partial charge in [0.15, 0.2) is 0 Å². The van der Waals surface area contributed by atoms with Crippen LogP contribution in [0.25, 0.3) is 89.0 Å². The van der Waals surface area contributed by atoms with Crippen molar-refractivity contribution in [1.82, 2.24) is 0 Å². The molecule has 2 N–H and O–H groups in total. The molecule has 0 amide bonds. The number of hydrogen-bond acceptors (Lipinski definition) is 4. The number of phenolic OH excluding ortho intramolecular Hbond substituents is 2. The van der Waals surface area contributed by atoms with Crippen molar-refractivity contribution in [3.8, 4) is 112 Å². The largest absolute Gasteiger partial charge is 0.507 e. The molecule has 10 rings (SSSR count). The first-order chi connectivity index (χ1) is 35.4. The average Bonchev–Trinajstić information content (AvgIpc) is 3.41. The smallest absolute Gasteiger partial charge is 0.131 e. The highest BCUT2D eigenvalue weighted by atomic mass is 19.1. The van der Waals surface area contributed by atoms with Gasteiger partial charge in [-0.25, -0.2) is 8.78 Å². The monoisotopic (exact) mass is 960 g/mol. The third-order valence-electron chi connectivity index (χ3n) is 13.2. The standard InChI is InChI=1S/C67H54F2O4/c1-42-29-58(54-36-50(46-17-9-5-10-18-46)34-51(37-54)47-19-11-6-12-20-47)66(70)62(31-42)60-40-56(68)25-27-64(60)72-44(3)33-45(4)73-65-28-26-57(69)41-61(65)63-32-43(2)30-59(67(63)71)55-38-52(48-21-13-7-14-22-48)35-53(39-55)49-23-15-8-16-24-49/h5-32,34-41,44-45,70-71H,33H2,1-4H3/t44-,45+. The van der Waals surface area contributed by atoms with Gasteiger partial charge in [0.2, 0.25) is 0 Å². The van der Waals surface area contributed by atoms with E-state index in [0.29, 0.717) is 51.3 Å². The van der Waals surface area contributed by atoms with Crippen molar-refractivity contribution in [2.24, 2.45) is 0 Å². The summed E-state index contributed by atoms with van der Waals surface area (Å²) in [4.78, 5) is 0. The summed E-state index contributed by atoms with van der Waals surface area (Å²) in [5.74, 6) is -0.162. The Bertz CT molecular complexity index is 3220. The predicted octanol–water partition coefficient (Wildman–Crippen LogP) is 18.0. The lowest BCUT2D eigenvalue weighted by atomic mass is 9.90. The Morgan fingerprint density at radius 3 is 0.932 bits per heavy atom. The molecule has 0 heterocycles. The molecule has 10 aromatic carbocycles. The van der Waals surface area contributed by atoms with Gasteiger partial charge in [0.1, 0.15) is 34.6 Å². The van der Waals surface area contributed by atoms with E-state index in [1.54, 1.807) is 12.1 Å². The van der Waals surface area contributed by atoms with Gasteiger partial charge in [-0.3, -0.25) is 0 Å². The molecule has 0 unspecified atom stereocenters. The number of aromatic hydroxyl groups is 2. The number of phenols is 2. The van der Waals surface area contributed by atoms with Gasteiger partial charge >= 0.3 is 0 Å². The van der Waals surface area contributed by atoms with Crippen molar-refractivity contribution in [2.75, 3.05) is 0 Å². The van der Waals surface area contributed by atoms with Crippen LogP contribution in [0, 0.1) is 25.5 Å². The van der Waals surface area contributed by atoms with Crippen molar-refractivity contribution >= 4 is 0 Å². The van der Waals surface area contributed by atoms with Crippen LogP contribution in [0.5, 0.6) is 23.0 Å². The summed E-state index contributed by atoms with van der Waals surface area (Å²) in [7, 11) is 0. The number of ether oxygens (including phenoxy) is 2. The Morgan fingerprint density at radius 2 is 0.616 bits per heavy atom.